The zero-order chi connectivity index (χ0) is 14.0. The number of rotatable bonds is 16. The van der Waals surface area contributed by atoms with Crippen molar-refractivity contribution in [1.82, 2.24) is 0 Å². The minimum absolute atomic E-state index is 0.762. The van der Waals surface area contributed by atoms with Crippen LogP contribution in [-0.2, 0) is 4.79 Å². The second-order valence-corrected chi connectivity index (χ2v) is 5.91. The van der Waals surface area contributed by atoms with Crippen LogP contribution in [0.1, 0.15) is 110 Å². The summed E-state index contributed by atoms with van der Waals surface area (Å²) in [6.45, 7) is 2.28. The van der Waals surface area contributed by atoms with Gasteiger partial charge in [0, 0.05) is 6.42 Å². The summed E-state index contributed by atoms with van der Waals surface area (Å²) in [5, 5.41) is 0. The summed E-state index contributed by atoms with van der Waals surface area (Å²) < 4.78 is 0. The Morgan fingerprint density at radius 3 is 1.16 bits per heavy atom. The molecule has 0 heterocycles. The molecule has 19 heavy (non-hydrogen) atoms. The van der Waals surface area contributed by atoms with Crippen LogP contribution in [0.15, 0.2) is 0 Å². The lowest BCUT2D eigenvalue weighted by atomic mass is 11.0. The first-order chi connectivity index (χ1) is 9.41. The van der Waals surface area contributed by atoms with E-state index in [1.165, 1.54) is 89.9 Å². The first-order valence-corrected chi connectivity index (χ1v) is 8.85. The highest BCUT2D eigenvalue weighted by molar-refractivity contribution is 5.48. The number of aldehydes is 1. The van der Waals surface area contributed by atoms with Gasteiger partial charge in [0.05, 0.1) is 0 Å². The lowest BCUT2D eigenvalue weighted by molar-refractivity contribution is -0.107. The molecule has 0 spiro atoms. The van der Waals surface area contributed by atoms with Gasteiger partial charge in [-0.2, -0.15) is 0 Å². The third-order valence-electron chi connectivity index (χ3n) is 3.93. The maximum absolute atomic E-state index is 10.1. The third kappa shape index (κ3) is 17.7. The first kappa shape index (κ1) is 18.7. The Morgan fingerprint density at radius 1 is 0.526 bits per heavy atom. The summed E-state index contributed by atoms with van der Waals surface area (Å²) in [6, 6.07) is 0. The van der Waals surface area contributed by atoms with Gasteiger partial charge in [0.25, 0.3) is 0 Å². The molecule has 0 unspecified atom stereocenters. The van der Waals surface area contributed by atoms with Crippen molar-refractivity contribution in [2.45, 2.75) is 110 Å². The quantitative estimate of drug-likeness (QED) is 0.181. The van der Waals surface area contributed by atoms with E-state index in [4.69, 9.17) is 0 Å². The fourth-order valence-corrected chi connectivity index (χ4v) is 2.60. The maximum atomic E-state index is 10.1. The van der Waals surface area contributed by atoms with Crippen LogP contribution >= 0.6 is 0 Å². The molecule has 0 aliphatic carbocycles. The standard InChI is InChI=1S/C18H36O/c1-2-3-4-5-6-7-8-9-10-11-12-13-14-15-16-17-18-19/h18H,2-17H2,1H3/i1+1,2+1,3+1,4+1,5+1,6+1,7+1,8+1,9+1,10+1,11+1,12+1,13+1,14+1,15+1,16+1,17+1,18+1. The summed E-state index contributed by atoms with van der Waals surface area (Å²) in [5.41, 5.74) is 0. The van der Waals surface area contributed by atoms with Crippen molar-refractivity contribution < 1.29 is 4.79 Å². The van der Waals surface area contributed by atoms with Crippen LogP contribution in [0, 0.1) is 0 Å². The summed E-state index contributed by atoms with van der Waals surface area (Å²) in [7, 11) is 0. The fourth-order valence-electron chi connectivity index (χ4n) is 2.60. The Kier molecular flexibility index (Phi) is 17.4. The second kappa shape index (κ2) is 17.7. The van der Waals surface area contributed by atoms with E-state index in [1.54, 1.807) is 0 Å². The van der Waals surface area contributed by atoms with Gasteiger partial charge in [-0.05, 0) is 6.42 Å². The highest BCUT2D eigenvalue weighted by Gasteiger charge is 1.94. The third-order valence-corrected chi connectivity index (χ3v) is 3.93. The number of hydrogen-bond acceptors (Lipinski definition) is 1. The van der Waals surface area contributed by atoms with E-state index in [2.05, 4.69) is 6.92 Å². The van der Waals surface area contributed by atoms with Crippen LogP contribution in [0.3, 0.4) is 0 Å². The average molecular weight is 286 g/mol. The van der Waals surface area contributed by atoms with E-state index in [-0.39, 0.29) is 0 Å². The number of carbonyl (C=O) groups excluding carboxylic acids is 1. The lowest BCUT2D eigenvalue weighted by Gasteiger charge is -2.02. The van der Waals surface area contributed by atoms with E-state index in [9.17, 15) is 4.79 Å². The Hall–Kier alpha value is -0.330. The van der Waals surface area contributed by atoms with Crippen molar-refractivity contribution in [1.29, 1.82) is 0 Å². The van der Waals surface area contributed by atoms with Gasteiger partial charge in [-0.25, -0.2) is 0 Å². The van der Waals surface area contributed by atoms with E-state index < -0.39 is 0 Å². The van der Waals surface area contributed by atoms with E-state index in [0.29, 0.717) is 0 Å². The average Bonchev–Trinajstić information content (AvgIpc) is 2.43. The zero-order valence-corrected chi connectivity index (χ0v) is 13.3. The van der Waals surface area contributed by atoms with Gasteiger partial charge in [0.2, 0.25) is 0 Å². The predicted molar refractivity (Wildman–Crippen MR) is 85.6 cm³/mol. The fraction of sp³-hybridized carbons (Fsp3) is 0.944. The summed E-state index contributed by atoms with van der Waals surface area (Å²) >= 11 is 0. The molecule has 114 valence electrons. The van der Waals surface area contributed by atoms with Gasteiger partial charge >= 0.3 is 0 Å². The Labute approximate surface area is 121 Å². The molecular weight excluding hydrogens is 250 g/mol. The van der Waals surface area contributed by atoms with Crippen molar-refractivity contribution in [2.75, 3.05) is 0 Å². The van der Waals surface area contributed by atoms with Gasteiger partial charge in [0.15, 0.2) is 0 Å². The number of hydrogen-bond donors (Lipinski definition) is 0. The molecule has 0 aromatic heterocycles. The maximum Gasteiger partial charge on any atom is 0.119 e. The molecule has 0 fully saturated rings. The molecule has 0 aliphatic rings. The molecule has 0 bridgehead atoms. The molecule has 0 aromatic rings. The van der Waals surface area contributed by atoms with Crippen LogP contribution in [0.2, 0.25) is 0 Å². The minimum atomic E-state index is 0.762. The molecule has 0 radical (unpaired) electrons. The molecule has 1 nitrogen and oxygen atoms in total. The molecule has 0 atom stereocenters. The van der Waals surface area contributed by atoms with E-state index in [0.717, 1.165) is 19.1 Å². The van der Waals surface area contributed by atoms with Crippen LogP contribution in [0.4, 0.5) is 0 Å². The Bertz CT molecular complexity index is 165. The normalized spacial score (nSPS) is 10.8. The molecule has 0 saturated heterocycles. The summed E-state index contributed by atoms with van der Waals surface area (Å²) in [6.07, 6.45) is 22.6. The van der Waals surface area contributed by atoms with Gasteiger partial charge in [-0.1, -0.05) is 96.8 Å². The molecule has 1 heteroatoms. The highest BCUT2D eigenvalue weighted by atomic mass is 16.2. The monoisotopic (exact) mass is 286 g/mol. The number of unbranched alkanes of at least 4 members (excludes halogenated alkanes) is 15. The van der Waals surface area contributed by atoms with Gasteiger partial charge < -0.3 is 4.79 Å². The molecule has 0 N–H and O–H groups in total. The SMILES string of the molecule is [13CH3][13CH2][13CH2][13CH2][13CH2][13CH2][13CH2][13CH2][13CH2][13CH2][13CH2][13CH2][13CH2][13CH2][13CH2][13CH2][13CH2][13CH]=O. The zero-order valence-electron chi connectivity index (χ0n) is 13.3. The van der Waals surface area contributed by atoms with Crippen LogP contribution in [0.5, 0.6) is 0 Å². The van der Waals surface area contributed by atoms with Gasteiger partial charge in [-0.15, -0.1) is 0 Å². The van der Waals surface area contributed by atoms with E-state index in [1.807, 2.05) is 0 Å². The van der Waals surface area contributed by atoms with E-state index >= 15 is 0 Å². The van der Waals surface area contributed by atoms with Crippen molar-refractivity contribution in [3.8, 4) is 0 Å². The molecule has 0 rings (SSSR count). The van der Waals surface area contributed by atoms with Crippen molar-refractivity contribution in [2.24, 2.45) is 0 Å². The molecule has 0 amide bonds. The Balaban J connectivity index is 2.89. The van der Waals surface area contributed by atoms with Crippen molar-refractivity contribution >= 4 is 6.29 Å². The smallest absolute Gasteiger partial charge is 0.119 e. The first-order valence-electron chi connectivity index (χ1n) is 8.85. The lowest BCUT2D eigenvalue weighted by Crippen LogP contribution is -1.83. The molecule has 0 aromatic carbocycles. The summed E-state index contributed by atoms with van der Waals surface area (Å²) in [4.78, 5) is 10.1. The minimum Gasteiger partial charge on any atom is -0.303 e. The number of carbonyl (C=O) groups is 1. The van der Waals surface area contributed by atoms with Gasteiger partial charge in [0.1, 0.15) is 6.29 Å². The second-order valence-electron chi connectivity index (χ2n) is 5.91. The van der Waals surface area contributed by atoms with Crippen molar-refractivity contribution in [3.05, 3.63) is 0 Å². The molecular formula is C18H36O. The molecule has 0 aliphatic heterocycles. The van der Waals surface area contributed by atoms with Crippen LogP contribution < -0.4 is 0 Å². The highest BCUT2D eigenvalue weighted by Crippen LogP contribution is 2.13. The Morgan fingerprint density at radius 2 is 0.842 bits per heavy atom. The van der Waals surface area contributed by atoms with Gasteiger partial charge in [-0.3, -0.25) is 0 Å². The predicted octanol–water partition coefficient (Wildman–Crippen LogP) is 6.45. The largest absolute Gasteiger partial charge is 0.303 e. The molecule has 0 saturated carbocycles. The summed E-state index contributed by atoms with van der Waals surface area (Å²) in [5.74, 6) is 0. The van der Waals surface area contributed by atoms with Crippen LogP contribution in [0.25, 0.3) is 0 Å². The topological polar surface area (TPSA) is 17.1 Å². The van der Waals surface area contributed by atoms with Crippen molar-refractivity contribution in [3.63, 3.8) is 0 Å². The van der Waals surface area contributed by atoms with Crippen LogP contribution in [-0.4, -0.2) is 6.29 Å².